The highest BCUT2D eigenvalue weighted by atomic mass is 16.2. The normalized spacial score (nSPS) is 18.6. The molecule has 0 radical (unpaired) electrons. The van der Waals surface area contributed by atoms with Crippen molar-refractivity contribution in [1.29, 1.82) is 0 Å². The van der Waals surface area contributed by atoms with Gasteiger partial charge in [-0.3, -0.25) is 14.5 Å². The molecule has 5 nitrogen and oxygen atoms in total. The summed E-state index contributed by atoms with van der Waals surface area (Å²) in [6.45, 7) is 7.48. The number of hydrogen-bond donors (Lipinski definition) is 1. The van der Waals surface area contributed by atoms with Gasteiger partial charge in [-0.15, -0.1) is 0 Å². The van der Waals surface area contributed by atoms with Crippen molar-refractivity contribution in [2.24, 2.45) is 5.92 Å². The third-order valence-corrected chi connectivity index (χ3v) is 6.70. The highest BCUT2D eigenvalue weighted by Crippen LogP contribution is 2.27. The van der Waals surface area contributed by atoms with Gasteiger partial charge >= 0.3 is 0 Å². The molecule has 1 heterocycles. The summed E-state index contributed by atoms with van der Waals surface area (Å²) < 4.78 is 0. The molecule has 0 atom stereocenters. The first-order valence-corrected chi connectivity index (χ1v) is 11.4. The van der Waals surface area contributed by atoms with E-state index in [0.29, 0.717) is 18.9 Å². The van der Waals surface area contributed by atoms with Gasteiger partial charge in [-0.25, -0.2) is 0 Å². The van der Waals surface area contributed by atoms with E-state index in [0.717, 1.165) is 49.8 Å². The van der Waals surface area contributed by atoms with Gasteiger partial charge in [-0.2, -0.15) is 0 Å². The second kappa shape index (κ2) is 10.8. The molecule has 1 aliphatic carbocycles. The number of amides is 2. The Hall–Kier alpha value is -1.88. The topological polar surface area (TPSA) is 52.7 Å². The van der Waals surface area contributed by atoms with Crippen LogP contribution in [0.3, 0.4) is 0 Å². The van der Waals surface area contributed by atoms with Crippen LogP contribution in [0.1, 0.15) is 62.5 Å². The maximum atomic E-state index is 12.5. The van der Waals surface area contributed by atoms with E-state index in [9.17, 15) is 9.59 Å². The van der Waals surface area contributed by atoms with Crippen LogP contribution in [0.2, 0.25) is 0 Å². The lowest BCUT2D eigenvalue weighted by Gasteiger charge is -2.34. The molecule has 2 aliphatic rings. The number of anilines is 1. The Labute approximate surface area is 175 Å². The Bertz CT molecular complexity index is 689. The predicted molar refractivity (Wildman–Crippen MR) is 118 cm³/mol. The minimum Gasteiger partial charge on any atom is -0.340 e. The average Bonchev–Trinajstić information content (AvgIpc) is 2.72. The fourth-order valence-corrected chi connectivity index (χ4v) is 4.61. The molecule has 1 aromatic rings. The first kappa shape index (κ1) is 21.8. The molecule has 2 fully saturated rings. The predicted octanol–water partition coefficient (Wildman–Crippen LogP) is 4.14. The van der Waals surface area contributed by atoms with E-state index in [2.05, 4.69) is 23.2 Å². The van der Waals surface area contributed by atoms with Crippen molar-refractivity contribution in [3.8, 4) is 0 Å². The van der Waals surface area contributed by atoms with Crippen LogP contribution >= 0.6 is 0 Å². The van der Waals surface area contributed by atoms with Crippen LogP contribution in [0.15, 0.2) is 18.2 Å². The zero-order chi connectivity index (χ0) is 20.6. The molecule has 1 saturated heterocycles. The van der Waals surface area contributed by atoms with Crippen molar-refractivity contribution in [2.75, 3.05) is 38.0 Å². The Balaban J connectivity index is 1.34. The van der Waals surface area contributed by atoms with E-state index >= 15 is 0 Å². The lowest BCUT2D eigenvalue weighted by atomic mass is 9.86. The van der Waals surface area contributed by atoms with Crippen LogP contribution in [0.4, 0.5) is 5.69 Å². The zero-order valence-electron chi connectivity index (χ0n) is 18.2. The molecular weight excluding hydrogens is 362 g/mol. The van der Waals surface area contributed by atoms with Crippen LogP contribution in [0, 0.1) is 19.8 Å². The number of benzene rings is 1. The summed E-state index contributed by atoms with van der Waals surface area (Å²) >= 11 is 0. The van der Waals surface area contributed by atoms with Crippen molar-refractivity contribution in [3.63, 3.8) is 0 Å². The molecule has 1 aliphatic heterocycles. The third kappa shape index (κ3) is 6.56. The van der Waals surface area contributed by atoms with Gasteiger partial charge in [0.05, 0.1) is 6.54 Å². The zero-order valence-corrected chi connectivity index (χ0v) is 18.2. The highest BCUT2D eigenvalue weighted by molar-refractivity contribution is 5.93. The van der Waals surface area contributed by atoms with Crippen LogP contribution in [0.5, 0.6) is 0 Å². The van der Waals surface area contributed by atoms with Gasteiger partial charge in [0.25, 0.3) is 0 Å². The quantitative estimate of drug-likeness (QED) is 0.750. The standard InChI is InChI=1S/C24H37N3O2/c1-19-8-6-12-22(20(19)2)25-23(28)18-26-14-16-27(17-15-26)24(29)13-7-11-21-9-4-3-5-10-21/h6,8,12,21H,3-5,7,9-11,13-18H2,1-2H3,(H,25,28). The number of piperazine rings is 1. The van der Waals surface area contributed by atoms with Gasteiger partial charge in [-0.1, -0.05) is 44.2 Å². The first-order valence-electron chi connectivity index (χ1n) is 11.4. The van der Waals surface area contributed by atoms with E-state index in [1.165, 1.54) is 44.1 Å². The van der Waals surface area contributed by atoms with Crippen molar-refractivity contribution >= 4 is 17.5 Å². The SMILES string of the molecule is Cc1cccc(NC(=O)CN2CCN(C(=O)CCCC3CCCCC3)CC2)c1C. The summed E-state index contributed by atoms with van der Waals surface area (Å²) in [6.07, 6.45) is 9.78. The summed E-state index contributed by atoms with van der Waals surface area (Å²) in [4.78, 5) is 29.1. The van der Waals surface area contributed by atoms with Gasteiger partial charge < -0.3 is 10.2 Å². The molecule has 3 rings (SSSR count). The molecule has 0 aromatic heterocycles. The van der Waals surface area contributed by atoms with Crippen molar-refractivity contribution in [1.82, 2.24) is 9.80 Å². The van der Waals surface area contributed by atoms with E-state index in [1.807, 2.05) is 24.0 Å². The molecule has 0 unspecified atom stereocenters. The average molecular weight is 400 g/mol. The molecule has 0 bridgehead atoms. The van der Waals surface area contributed by atoms with Gasteiger partial charge in [0.2, 0.25) is 11.8 Å². The lowest BCUT2D eigenvalue weighted by Crippen LogP contribution is -2.50. The fraction of sp³-hybridized carbons (Fsp3) is 0.667. The Kier molecular flexibility index (Phi) is 8.10. The molecule has 5 heteroatoms. The van der Waals surface area contributed by atoms with Crippen LogP contribution < -0.4 is 5.32 Å². The van der Waals surface area contributed by atoms with Gasteiger partial charge in [-0.05, 0) is 49.8 Å². The number of carbonyl (C=O) groups excluding carboxylic acids is 2. The van der Waals surface area contributed by atoms with Crippen molar-refractivity contribution in [3.05, 3.63) is 29.3 Å². The van der Waals surface area contributed by atoms with Crippen molar-refractivity contribution < 1.29 is 9.59 Å². The van der Waals surface area contributed by atoms with Crippen LogP contribution in [-0.4, -0.2) is 54.3 Å². The maximum Gasteiger partial charge on any atom is 0.238 e. The Morgan fingerprint density at radius 3 is 2.48 bits per heavy atom. The smallest absolute Gasteiger partial charge is 0.238 e. The minimum absolute atomic E-state index is 0.0194. The molecule has 2 amide bonds. The van der Waals surface area contributed by atoms with E-state index in [-0.39, 0.29) is 5.91 Å². The molecule has 1 N–H and O–H groups in total. The van der Waals surface area contributed by atoms with Crippen LogP contribution in [0.25, 0.3) is 0 Å². The number of aryl methyl sites for hydroxylation is 1. The number of hydrogen-bond acceptors (Lipinski definition) is 3. The minimum atomic E-state index is 0.0194. The Morgan fingerprint density at radius 1 is 1.03 bits per heavy atom. The number of nitrogens with zero attached hydrogens (tertiary/aromatic N) is 2. The van der Waals surface area contributed by atoms with E-state index in [4.69, 9.17) is 0 Å². The van der Waals surface area contributed by atoms with Gasteiger partial charge in [0, 0.05) is 38.3 Å². The van der Waals surface area contributed by atoms with Crippen molar-refractivity contribution in [2.45, 2.75) is 65.2 Å². The third-order valence-electron chi connectivity index (χ3n) is 6.70. The summed E-state index contributed by atoms with van der Waals surface area (Å²) in [5.41, 5.74) is 3.18. The highest BCUT2D eigenvalue weighted by Gasteiger charge is 2.23. The molecule has 1 saturated carbocycles. The summed E-state index contributed by atoms with van der Waals surface area (Å²) in [5, 5.41) is 3.03. The fourth-order valence-electron chi connectivity index (χ4n) is 4.61. The second-order valence-electron chi connectivity index (χ2n) is 8.85. The summed E-state index contributed by atoms with van der Waals surface area (Å²) in [5.74, 6) is 1.16. The monoisotopic (exact) mass is 399 g/mol. The summed E-state index contributed by atoms with van der Waals surface area (Å²) in [6, 6.07) is 5.97. The van der Waals surface area contributed by atoms with Gasteiger partial charge in [0.1, 0.15) is 0 Å². The van der Waals surface area contributed by atoms with Gasteiger partial charge in [0.15, 0.2) is 0 Å². The number of nitrogens with one attached hydrogen (secondary N) is 1. The Morgan fingerprint density at radius 2 is 1.76 bits per heavy atom. The lowest BCUT2D eigenvalue weighted by molar-refractivity contribution is -0.133. The molecule has 160 valence electrons. The number of rotatable bonds is 7. The molecular formula is C24H37N3O2. The molecule has 1 aromatic carbocycles. The number of carbonyl (C=O) groups is 2. The van der Waals surface area contributed by atoms with E-state index in [1.54, 1.807) is 0 Å². The molecule has 0 spiro atoms. The first-order chi connectivity index (χ1) is 14.0. The summed E-state index contributed by atoms with van der Waals surface area (Å²) in [7, 11) is 0. The van der Waals surface area contributed by atoms with Crippen LogP contribution in [-0.2, 0) is 9.59 Å². The van der Waals surface area contributed by atoms with E-state index < -0.39 is 0 Å². The second-order valence-corrected chi connectivity index (χ2v) is 8.85. The molecule has 29 heavy (non-hydrogen) atoms. The largest absolute Gasteiger partial charge is 0.340 e. The maximum absolute atomic E-state index is 12.5.